The zero-order valence-corrected chi connectivity index (χ0v) is 18.8. The first-order chi connectivity index (χ1) is 16.7. The lowest BCUT2D eigenvalue weighted by molar-refractivity contribution is 0.112. The van der Waals surface area contributed by atoms with E-state index >= 15 is 0 Å². The van der Waals surface area contributed by atoms with Crippen molar-refractivity contribution in [3.63, 3.8) is 0 Å². The van der Waals surface area contributed by atoms with Crippen LogP contribution in [0.4, 0.5) is 17.1 Å². The lowest BCUT2D eigenvalue weighted by atomic mass is 10.1. The lowest BCUT2D eigenvalue weighted by Crippen LogP contribution is -2.09. The smallest absolute Gasteiger partial charge is 0.150 e. The van der Waals surface area contributed by atoms with Gasteiger partial charge in [0.25, 0.3) is 0 Å². The first-order valence-electron chi connectivity index (χ1n) is 11.1. The van der Waals surface area contributed by atoms with Crippen molar-refractivity contribution in [2.45, 2.75) is 0 Å². The van der Waals surface area contributed by atoms with Gasteiger partial charge in [-0.25, -0.2) is 0 Å². The normalized spacial score (nSPS) is 10.7. The van der Waals surface area contributed by atoms with Gasteiger partial charge in [0.05, 0.1) is 11.2 Å². The molecule has 0 unspecified atom stereocenters. The Morgan fingerprint density at radius 1 is 0.676 bits per heavy atom. The summed E-state index contributed by atoms with van der Waals surface area (Å²) in [6.07, 6.45) is 4.65. The molecule has 164 valence electrons. The third-order valence-electron chi connectivity index (χ3n) is 6.00. The molecular formula is C31H24N2O. The maximum atomic E-state index is 11.2. The summed E-state index contributed by atoms with van der Waals surface area (Å²) in [4.78, 5) is 13.4. The zero-order valence-electron chi connectivity index (χ0n) is 18.8. The van der Waals surface area contributed by atoms with Crippen molar-refractivity contribution in [1.29, 1.82) is 0 Å². The lowest BCUT2D eigenvalue weighted by Gasteiger charge is -2.25. The number of para-hydroxylation sites is 2. The van der Waals surface area contributed by atoms with E-state index in [0.717, 1.165) is 51.2 Å². The van der Waals surface area contributed by atoms with Crippen LogP contribution < -0.4 is 4.90 Å². The highest BCUT2D eigenvalue weighted by Crippen LogP contribution is 2.39. The predicted molar refractivity (Wildman–Crippen MR) is 144 cm³/mol. The van der Waals surface area contributed by atoms with Gasteiger partial charge in [-0.15, -0.1) is 0 Å². The highest BCUT2D eigenvalue weighted by molar-refractivity contribution is 5.98. The van der Waals surface area contributed by atoms with Gasteiger partial charge in [0, 0.05) is 39.3 Å². The third kappa shape index (κ3) is 3.63. The van der Waals surface area contributed by atoms with Crippen molar-refractivity contribution < 1.29 is 4.79 Å². The summed E-state index contributed by atoms with van der Waals surface area (Å²) >= 11 is 0. The van der Waals surface area contributed by atoms with E-state index in [2.05, 4.69) is 65.1 Å². The van der Waals surface area contributed by atoms with E-state index in [0.29, 0.717) is 5.56 Å². The molecule has 0 saturated heterocycles. The number of fused-ring (bicyclic) bond motifs is 1. The minimum atomic E-state index is 0.650. The fraction of sp³-hybridized carbons (Fsp3) is 0. The summed E-state index contributed by atoms with van der Waals surface area (Å²) in [7, 11) is 0. The molecule has 3 heteroatoms. The second kappa shape index (κ2) is 9.08. The topological polar surface area (TPSA) is 25.2 Å². The van der Waals surface area contributed by atoms with Gasteiger partial charge >= 0.3 is 0 Å². The number of benzene rings is 4. The van der Waals surface area contributed by atoms with Crippen molar-refractivity contribution in [2.75, 3.05) is 4.90 Å². The molecule has 5 rings (SSSR count). The minimum Gasteiger partial charge on any atom is -0.310 e. The largest absolute Gasteiger partial charge is 0.310 e. The average molecular weight is 441 g/mol. The van der Waals surface area contributed by atoms with E-state index < -0.39 is 0 Å². The molecule has 0 radical (unpaired) electrons. The van der Waals surface area contributed by atoms with Crippen molar-refractivity contribution >= 4 is 46.4 Å². The Hall–Kier alpha value is -4.63. The number of aldehydes is 1. The molecule has 0 aliphatic carbocycles. The maximum absolute atomic E-state index is 11.2. The van der Waals surface area contributed by atoms with Gasteiger partial charge in [0.2, 0.25) is 0 Å². The monoisotopic (exact) mass is 440 g/mol. The highest BCUT2D eigenvalue weighted by atomic mass is 16.1. The molecule has 34 heavy (non-hydrogen) atoms. The molecule has 0 spiro atoms. The second-order valence-electron chi connectivity index (χ2n) is 7.96. The number of nitrogens with zero attached hydrogens (tertiary/aromatic N) is 2. The molecule has 4 aromatic carbocycles. The quantitative estimate of drug-likeness (QED) is 0.238. The van der Waals surface area contributed by atoms with Crippen molar-refractivity contribution in [1.82, 2.24) is 4.57 Å². The summed E-state index contributed by atoms with van der Waals surface area (Å²) in [6, 6.07) is 34.6. The third-order valence-corrected chi connectivity index (χ3v) is 6.00. The Morgan fingerprint density at radius 2 is 1.29 bits per heavy atom. The zero-order chi connectivity index (χ0) is 23.5. The van der Waals surface area contributed by atoms with Crippen LogP contribution in [-0.4, -0.2) is 10.9 Å². The number of rotatable bonds is 7. The molecule has 0 saturated carbocycles. The molecule has 1 aromatic heterocycles. The molecule has 0 bridgehead atoms. The van der Waals surface area contributed by atoms with E-state index in [4.69, 9.17) is 0 Å². The number of anilines is 3. The van der Waals surface area contributed by atoms with E-state index in [1.54, 1.807) is 0 Å². The van der Waals surface area contributed by atoms with Crippen LogP contribution >= 0.6 is 0 Å². The van der Waals surface area contributed by atoms with E-state index in [9.17, 15) is 4.79 Å². The molecule has 0 amide bonds. The molecule has 5 aromatic rings. The Balaban J connectivity index is 1.75. The van der Waals surface area contributed by atoms with Crippen LogP contribution in [-0.2, 0) is 0 Å². The van der Waals surface area contributed by atoms with Crippen LogP contribution in [0.5, 0.6) is 0 Å². The van der Waals surface area contributed by atoms with Crippen molar-refractivity contribution in [3.05, 3.63) is 133 Å². The highest BCUT2D eigenvalue weighted by Gasteiger charge is 2.18. The fourth-order valence-corrected chi connectivity index (χ4v) is 4.46. The van der Waals surface area contributed by atoms with Crippen LogP contribution in [0.1, 0.15) is 21.6 Å². The second-order valence-corrected chi connectivity index (χ2v) is 7.96. The van der Waals surface area contributed by atoms with Gasteiger partial charge in [0.1, 0.15) is 6.29 Å². The molecule has 0 aliphatic rings. The van der Waals surface area contributed by atoms with Crippen molar-refractivity contribution in [3.8, 4) is 5.69 Å². The maximum Gasteiger partial charge on any atom is 0.150 e. The number of hydrogen-bond acceptors (Lipinski definition) is 2. The van der Waals surface area contributed by atoms with Gasteiger partial charge < -0.3 is 9.47 Å². The van der Waals surface area contributed by atoms with Crippen LogP contribution in [0.3, 0.4) is 0 Å². The van der Waals surface area contributed by atoms with Crippen LogP contribution in [0.2, 0.25) is 0 Å². The first-order valence-corrected chi connectivity index (χ1v) is 11.1. The van der Waals surface area contributed by atoms with Crippen LogP contribution in [0.15, 0.2) is 116 Å². The summed E-state index contributed by atoms with van der Waals surface area (Å²) in [5.74, 6) is 0. The number of hydrogen-bond donors (Lipinski definition) is 0. The fourth-order valence-electron chi connectivity index (χ4n) is 4.46. The average Bonchev–Trinajstić information content (AvgIpc) is 3.23. The predicted octanol–water partition coefficient (Wildman–Crippen LogP) is 8.20. The van der Waals surface area contributed by atoms with Gasteiger partial charge in [0.15, 0.2) is 0 Å². The van der Waals surface area contributed by atoms with Gasteiger partial charge in [-0.3, -0.25) is 4.79 Å². The Labute approximate surface area is 199 Å². The molecular weight excluding hydrogens is 416 g/mol. The van der Waals surface area contributed by atoms with E-state index in [-0.39, 0.29) is 0 Å². The van der Waals surface area contributed by atoms with Crippen LogP contribution in [0, 0.1) is 0 Å². The van der Waals surface area contributed by atoms with Gasteiger partial charge in [-0.2, -0.15) is 0 Å². The Bertz CT molecular complexity index is 1480. The number of carbonyl (C=O) groups excluding carboxylic acids is 1. The SMILES string of the molecule is C=Cc1c(C=C)n(-c2ccccc2)c2ccc(N(c3ccccc3)c3ccc(C=O)cc3)cc12. The molecule has 0 fully saturated rings. The van der Waals surface area contributed by atoms with Crippen LogP contribution in [0.25, 0.3) is 28.7 Å². The summed E-state index contributed by atoms with van der Waals surface area (Å²) < 4.78 is 2.22. The molecule has 3 nitrogen and oxygen atoms in total. The Morgan fingerprint density at radius 3 is 1.91 bits per heavy atom. The summed E-state index contributed by atoms with van der Waals surface area (Å²) in [6.45, 7) is 8.18. The first kappa shape index (κ1) is 21.2. The number of carbonyl (C=O) groups is 1. The van der Waals surface area contributed by atoms with E-state index in [1.165, 1.54) is 0 Å². The molecule has 0 atom stereocenters. The summed E-state index contributed by atoms with van der Waals surface area (Å²) in [5.41, 5.74) is 7.89. The van der Waals surface area contributed by atoms with E-state index in [1.807, 2.05) is 72.8 Å². The summed E-state index contributed by atoms with van der Waals surface area (Å²) in [5, 5.41) is 1.09. The molecule has 0 N–H and O–H groups in total. The van der Waals surface area contributed by atoms with Crippen molar-refractivity contribution in [2.24, 2.45) is 0 Å². The standard InChI is InChI=1S/C31H24N2O/c1-3-28-29-21-27(19-20-31(29)33(30(28)4-2)25-13-9-6-10-14-25)32(24-11-7-5-8-12-24)26-17-15-23(22-34)16-18-26/h3-22H,1-2H2. The Kier molecular flexibility index (Phi) is 5.67. The number of aromatic nitrogens is 1. The van der Waals surface area contributed by atoms with Gasteiger partial charge in [-0.05, 0) is 72.8 Å². The minimum absolute atomic E-state index is 0.650. The molecule has 0 aliphatic heterocycles. The molecule has 1 heterocycles. The van der Waals surface area contributed by atoms with Gasteiger partial charge in [-0.1, -0.05) is 55.6 Å².